The summed E-state index contributed by atoms with van der Waals surface area (Å²) >= 11 is 0. The Labute approximate surface area is 218 Å². The summed E-state index contributed by atoms with van der Waals surface area (Å²) in [5, 5.41) is 2.73. The highest BCUT2D eigenvalue weighted by Gasteiger charge is 2.48. The largest absolute Gasteiger partial charge is 0.534 e. The number of halogens is 3. The molecule has 9 nitrogen and oxygen atoms in total. The van der Waals surface area contributed by atoms with Crippen LogP contribution >= 0.6 is 0 Å². The van der Waals surface area contributed by atoms with Crippen LogP contribution in [-0.4, -0.2) is 49.6 Å². The van der Waals surface area contributed by atoms with E-state index in [0.29, 0.717) is 24.5 Å². The number of carbonyl (C=O) groups is 1. The highest BCUT2D eigenvalue weighted by atomic mass is 32.2. The Hall–Kier alpha value is -3.71. The predicted octanol–water partition coefficient (Wildman–Crippen LogP) is 3.95. The van der Waals surface area contributed by atoms with E-state index in [2.05, 4.69) is 19.5 Å². The molecule has 0 radical (unpaired) electrons. The Morgan fingerprint density at radius 3 is 2.32 bits per heavy atom. The van der Waals surface area contributed by atoms with Crippen molar-refractivity contribution in [1.82, 2.24) is 15.3 Å². The van der Waals surface area contributed by atoms with Crippen molar-refractivity contribution in [1.29, 1.82) is 0 Å². The number of amides is 1. The molecule has 0 aliphatic heterocycles. The van der Waals surface area contributed by atoms with Crippen LogP contribution in [0.4, 0.5) is 13.2 Å². The van der Waals surface area contributed by atoms with Gasteiger partial charge in [-0.15, -0.1) is 0 Å². The minimum atomic E-state index is -5.78. The summed E-state index contributed by atoms with van der Waals surface area (Å²) in [5.74, 6) is -0.517. The lowest BCUT2D eigenvalue weighted by Crippen LogP contribution is -2.29. The molecule has 0 spiro atoms. The fourth-order valence-corrected chi connectivity index (χ4v) is 3.70. The Morgan fingerprint density at radius 2 is 1.68 bits per heavy atom. The second-order valence-electron chi connectivity index (χ2n) is 7.93. The first kappa shape index (κ1) is 28.9. The Balaban J connectivity index is 1.81. The van der Waals surface area contributed by atoms with Crippen LogP contribution in [0.3, 0.4) is 0 Å². The highest BCUT2D eigenvalue weighted by Crippen LogP contribution is 2.28. The average molecular weight is 554 g/mol. The zero-order valence-corrected chi connectivity index (χ0v) is 21.4. The van der Waals surface area contributed by atoms with Crippen molar-refractivity contribution in [2.75, 3.05) is 19.8 Å². The van der Waals surface area contributed by atoms with Gasteiger partial charge in [0.2, 0.25) is 0 Å². The molecule has 1 heterocycles. The quantitative estimate of drug-likeness (QED) is 0.204. The van der Waals surface area contributed by atoms with Crippen LogP contribution in [0.5, 0.6) is 11.5 Å². The predicted molar refractivity (Wildman–Crippen MR) is 131 cm³/mol. The molecule has 38 heavy (non-hydrogen) atoms. The molecule has 0 aliphatic rings. The number of carbonyl (C=O) groups excluding carboxylic acids is 1. The number of aryl methyl sites for hydroxylation is 1. The maximum Gasteiger partial charge on any atom is 0.534 e. The van der Waals surface area contributed by atoms with E-state index in [-0.39, 0.29) is 36.8 Å². The van der Waals surface area contributed by atoms with Crippen LogP contribution in [0.25, 0.3) is 0 Å². The van der Waals surface area contributed by atoms with Gasteiger partial charge in [-0.2, -0.15) is 21.6 Å². The van der Waals surface area contributed by atoms with E-state index >= 15 is 0 Å². The van der Waals surface area contributed by atoms with Gasteiger partial charge in [-0.05, 0) is 37.1 Å². The Bertz CT molecular complexity index is 1330. The van der Waals surface area contributed by atoms with Crippen LogP contribution in [0.15, 0.2) is 54.6 Å². The summed E-state index contributed by atoms with van der Waals surface area (Å²) in [5.41, 5.74) is -3.68. The molecule has 1 N–H and O–H groups in total. The molecule has 1 amide bonds. The molecule has 204 valence electrons. The van der Waals surface area contributed by atoms with Crippen molar-refractivity contribution in [3.63, 3.8) is 0 Å². The van der Waals surface area contributed by atoms with Crippen LogP contribution in [0, 0.1) is 6.92 Å². The molecule has 0 unspecified atom stereocenters. The summed E-state index contributed by atoms with van der Waals surface area (Å²) in [6.07, 6.45) is 0.103. The van der Waals surface area contributed by atoms with Gasteiger partial charge in [0.25, 0.3) is 5.91 Å². The smallest absolute Gasteiger partial charge is 0.485 e. The molecule has 0 atom stereocenters. The minimum absolute atomic E-state index is 0.0242. The van der Waals surface area contributed by atoms with Crippen molar-refractivity contribution < 1.29 is 40.0 Å². The maximum absolute atomic E-state index is 13.0. The third-order valence-corrected chi connectivity index (χ3v) is 6.01. The highest BCUT2D eigenvalue weighted by molar-refractivity contribution is 7.88. The standard InChI is InChI=1S/C25H26F3N3O6S/c1-3-35-14-13-29-24(32)22-23(36-16-19-7-5-4-6-8-19)17(2)30-21(31-22)15-18-9-11-20(12-10-18)37-38(33,34)25(26,27)28/h4-12H,3,13-16H2,1-2H3,(H,29,32). The molecule has 0 aliphatic carbocycles. The zero-order valence-electron chi connectivity index (χ0n) is 20.6. The van der Waals surface area contributed by atoms with Gasteiger partial charge in [-0.25, -0.2) is 9.97 Å². The minimum Gasteiger partial charge on any atom is -0.485 e. The summed E-state index contributed by atoms with van der Waals surface area (Å²) in [7, 11) is -5.78. The second kappa shape index (κ2) is 12.7. The van der Waals surface area contributed by atoms with Crippen molar-refractivity contribution in [3.8, 4) is 11.5 Å². The second-order valence-corrected chi connectivity index (χ2v) is 9.47. The molecule has 3 aromatic rings. The van der Waals surface area contributed by atoms with E-state index < -0.39 is 27.3 Å². The number of alkyl halides is 3. The van der Waals surface area contributed by atoms with Crippen molar-refractivity contribution >= 4 is 16.0 Å². The van der Waals surface area contributed by atoms with Crippen LogP contribution in [0.2, 0.25) is 0 Å². The number of hydrogen-bond donors (Lipinski definition) is 1. The van der Waals surface area contributed by atoms with E-state index in [0.717, 1.165) is 17.7 Å². The summed E-state index contributed by atoms with van der Waals surface area (Å²) in [6, 6.07) is 14.3. The van der Waals surface area contributed by atoms with Gasteiger partial charge in [-0.1, -0.05) is 42.5 Å². The van der Waals surface area contributed by atoms with Gasteiger partial charge < -0.3 is 19.0 Å². The van der Waals surface area contributed by atoms with E-state index in [4.69, 9.17) is 9.47 Å². The van der Waals surface area contributed by atoms with E-state index in [1.54, 1.807) is 6.92 Å². The zero-order chi connectivity index (χ0) is 27.8. The number of benzene rings is 2. The number of ether oxygens (including phenoxy) is 2. The molecule has 1 aromatic heterocycles. The molecular weight excluding hydrogens is 527 g/mol. The molecule has 0 bridgehead atoms. The molecule has 0 saturated heterocycles. The number of nitrogens with zero attached hydrogens (tertiary/aromatic N) is 2. The summed E-state index contributed by atoms with van der Waals surface area (Å²) in [4.78, 5) is 21.8. The van der Waals surface area contributed by atoms with Gasteiger partial charge >= 0.3 is 15.6 Å². The van der Waals surface area contributed by atoms with Crippen LogP contribution in [0.1, 0.15) is 40.1 Å². The molecule has 3 rings (SSSR count). The normalized spacial score (nSPS) is 11.7. The van der Waals surface area contributed by atoms with Crippen molar-refractivity contribution in [3.05, 3.63) is 82.9 Å². The van der Waals surface area contributed by atoms with Crippen LogP contribution < -0.4 is 14.2 Å². The first-order valence-electron chi connectivity index (χ1n) is 11.5. The van der Waals surface area contributed by atoms with E-state index in [1.165, 1.54) is 12.1 Å². The number of aromatic nitrogens is 2. The first-order valence-corrected chi connectivity index (χ1v) is 12.9. The van der Waals surface area contributed by atoms with Gasteiger partial charge in [0.1, 0.15) is 18.2 Å². The third-order valence-electron chi connectivity index (χ3n) is 5.03. The fourth-order valence-electron chi connectivity index (χ4n) is 3.24. The van der Waals surface area contributed by atoms with Crippen molar-refractivity contribution in [2.45, 2.75) is 32.4 Å². The van der Waals surface area contributed by atoms with Gasteiger partial charge in [0.15, 0.2) is 11.4 Å². The molecule has 0 saturated carbocycles. The average Bonchev–Trinajstić information content (AvgIpc) is 2.86. The topological polar surface area (TPSA) is 117 Å². The Morgan fingerprint density at radius 1 is 1.00 bits per heavy atom. The summed E-state index contributed by atoms with van der Waals surface area (Å²) < 4.78 is 75.3. The molecule has 0 fully saturated rings. The monoisotopic (exact) mass is 553 g/mol. The number of nitrogens with one attached hydrogen (secondary N) is 1. The Kier molecular flexibility index (Phi) is 9.64. The number of rotatable bonds is 12. The fraction of sp³-hybridized carbons (Fsp3) is 0.320. The third kappa shape index (κ3) is 7.89. The molecule has 13 heteroatoms. The number of hydrogen-bond acceptors (Lipinski definition) is 8. The lowest BCUT2D eigenvalue weighted by molar-refractivity contribution is -0.0500. The van der Waals surface area contributed by atoms with E-state index in [1.807, 2.05) is 37.3 Å². The lowest BCUT2D eigenvalue weighted by atomic mass is 10.1. The van der Waals surface area contributed by atoms with Gasteiger partial charge in [-0.3, -0.25) is 4.79 Å². The van der Waals surface area contributed by atoms with Gasteiger partial charge in [0, 0.05) is 19.6 Å². The summed E-state index contributed by atoms with van der Waals surface area (Å²) in [6.45, 7) is 4.77. The molecule has 2 aromatic carbocycles. The van der Waals surface area contributed by atoms with Gasteiger partial charge in [0.05, 0.1) is 12.3 Å². The maximum atomic E-state index is 13.0. The SMILES string of the molecule is CCOCCNC(=O)c1nc(Cc2ccc(OS(=O)(=O)C(F)(F)F)cc2)nc(C)c1OCc1ccccc1. The first-order chi connectivity index (χ1) is 18.0. The van der Waals surface area contributed by atoms with Crippen LogP contribution in [-0.2, 0) is 27.9 Å². The van der Waals surface area contributed by atoms with Crippen molar-refractivity contribution in [2.24, 2.45) is 0 Å². The molecular formula is C25H26F3N3O6S. The lowest BCUT2D eigenvalue weighted by Gasteiger charge is -2.15. The van der Waals surface area contributed by atoms with E-state index in [9.17, 15) is 26.4 Å².